The predicted octanol–water partition coefficient (Wildman–Crippen LogP) is 0.748. The summed E-state index contributed by atoms with van der Waals surface area (Å²) in [7, 11) is -1.91. The fraction of sp³-hybridized carbons (Fsp3) is 0.333. The molecule has 0 amide bonds. The summed E-state index contributed by atoms with van der Waals surface area (Å²) >= 11 is 0. The van der Waals surface area contributed by atoms with Gasteiger partial charge in [0.1, 0.15) is 5.82 Å². The molecular formula is C9H13BFNO4. The van der Waals surface area contributed by atoms with Crippen molar-refractivity contribution in [3.05, 3.63) is 33.6 Å². The quantitative estimate of drug-likeness (QED) is 0.445. The van der Waals surface area contributed by atoms with Crippen molar-refractivity contribution in [1.29, 1.82) is 0 Å². The van der Waals surface area contributed by atoms with Gasteiger partial charge in [0.05, 0.1) is 10.5 Å². The summed E-state index contributed by atoms with van der Waals surface area (Å²) < 4.78 is 13.0. The summed E-state index contributed by atoms with van der Waals surface area (Å²) in [6.45, 7) is 5.25. The number of nitro benzene ring substituents is 1. The predicted molar refractivity (Wildman–Crippen MR) is 59.0 cm³/mol. The fourth-order valence-corrected chi connectivity index (χ4v) is 1.02. The van der Waals surface area contributed by atoms with Gasteiger partial charge in [0.2, 0.25) is 0 Å². The maximum atomic E-state index is 13.0. The normalized spacial score (nSPS) is 9.12. The van der Waals surface area contributed by atoms with E-state index in [1.54, 1.807) is 0 Å². The first-order valence-electron chi connectivity index (χ1n) is 4.74. The number of benzene rings is 1. The van der Waals surface area contributed by atoms with Crippen LogP contribution in [-0.2, 0) is 0 Å². The maximum Gasteiger partial charge on any atom is 0.488 e. The lowest BCUT2D eigenvalue weighted by Crippen LogP contribution is -2.30. The molecule has 0 atom stereocenters. The maximum absolute atomic E-state index is 13.0. The van der Waals surface area contributed by atoms with Gasteiger partial charge in [-0.2, -0.15) is 0 Å². The Morgan fingerprint density at radius 3 is 2.25 bits per heavy atom. The Hall–Kier alpha value is -1.47. The van der Waals surface area contributed by atoms with Crippen LogP contribution in [0.1, 0.15) is 19.4 Å². The third-order valence-electron chi connectivity index (χ3n) is 1.83. The number of hydrogen-bond acceptors (Lipinski definition) is 4. The molecule has 1 rings (SSSR count). The Morgan fingerprint density at radius 2 is 1.88 bits per heavy atom. The minimum atomic E-state index is -1.91. The lowest BCUT2D eigenvalue weighted by Gasteiger charge is -2.03. The van der Waals surface area contributed by atoms with E-state index in [0.29, 0.717) is 0 Å². The van der Waals surface area contributed by atoms with Gasteiger partial charge in [-0.3, -0.25) is 10.1 Å². The zero-order valence-corrected chi connectivity index (χ0v) is 9.27. The largest absolute Gasteiger partial charge is 0.488 e. The average Bonchev–Trinajstić information content (AvgIpc) is 2.24. The molecule has 0 aromatic heterocycles. The molecule has 1 aromatic carbocycles. The van der Waals surface area contributed by atoms with Crippen molar-refractivity contribution in [1.82, 2.24) is 0 Å². The molecule has 0 aliphatic carbocycles. The van der Waals surface area contributed by atoms with Crippen molar-refractivity contribution in [2.45, 2.75) is 20.8 Å². The second-order valence-corrected chi connectivity index (χ2v) is 2.78. The third kappa shape index (κ3) is 3.28. The fourth-order valence-electron chi connectivity index (χ4n) is 1.02. The third-order valence-corrected chi connectivity index (χ3v) is 1.83. The minimum Gasteiger partial charge on any atom is -0.423 e. The molecule has 16 heavy (non-hydrogen) atoms. The first-order chi connectivity index (χ1) is 7.43. The van der Waals surface area contributed by atoms with E-state index in [1.807, 2.05) is 13.8 Å². The van der Waals surface area contributed by atoms with Gasteiger partial charge in [-0.15, -0.1) is 0 Å². The van der Waals surface area contributed by atoms with Crippen LogP contribution in [0.5, 0.6) is 0 Å². The van der Waals surface area contributed by atoms with Gasteiger partial charge in [0.25, 0.3) is 5.69 Å². The van der Waals surface area contributed by atoms with Crippen LogP contribution in [0, 0.1) is 22.9 Å². The minimum absolute atomic E-state index is 0.126. The Kier molecular flexibility index (Phi) is 5.62. The molecule has 88 valence electrons. The van der Waals surface area contributed by atoms with Gasteiger partial charge >= 0.3 is 7.12 Å². The topological polar surface area (TPSA) is 83.6 Å². The van der Waals surface area contributed by atoms with Crippen LogP contribution in [-0.4, -0.2) is 22.1 Å². The summed E-state index contributed by atoms with van der Waals surface area (Å²) in [5, 5.41) is 27.8. The van der Waals surface area contributed by atoms with Crippen LogP contribution in [0.15, 0.2) is 12.1 Å². The molecular weight excluding hydrogens is 216 g/mol. The van der Waals surface area contributed by atoms with Crippen LogP contribution >= 0.6 is 0 Å². The summed E-state index contributed by atoms with van der Waals surface area (Å²) in [4.78, 5) is 9.65. The highest BCUT2D eigenvalue weighted by molar-refractivity contribution is 6.58. The van der Waals surface area contributed by atoms with E-state index in [-0.39, 0.29) is 11.0 Å². The number of rotatable bonds is 2. The van der Waals surface area contributed by atoms with Gasteiger partial charge in [0.15, 0.2) is 0 Å². The first-order valence-corrected chi connectivity index (χ1v) is 4.74. The van der Waals surface area contributed by atoms with Crippen LogP contribution in [0.25, 0.3) is 0 Å². The highest BCUT2D eigenvalue weighted by Gasteiger charge is 2.21. The second-order valence-electron chi connectivity index (χ2n) is 2.78. The number of hydrogen-bond donors (Lipinski definition) is 2. The molecule has 1 aromatic rings. The summed E-state index contributed by atoms with van der Waals surface area (Å²) in [5.74, 6) is -0.831. The molecule has 0 saturated carbocycles. The molecule has 0 unspecified atom stereocenters. The zero-order chi connectivity index (χ0) is 12.9. The van der Waals surface area contributed by atoms with Gasteiger partial charge in [0, 0.05) is 6.07 Å². The van der Waals surface area contributed by atoms with E-state index in [0.717, 1.165) is 12.1 Å². The Balaban J connectivity index is 0.00000106. The summed E-state index contributed by atoms with van der Waals surface area (Å²) in [5.41, 5.74) is -0.827. The standard InChI is InChI=1S/C7H7BFNO4.C2H6/c1-4-6(9)2-5(8(11)12)3-7(4)10(13)14;1-2/h2-3,11-12H,1H3;1-2H3. The van der Waals surface area contributed by atoms with E-state index >= 15 is 0 Å². The van der Waals surface area contributed by atoms with Crippen molar-refractivity contribution in [3.63, 3.8) is 0 Å². The number of nitro groups is 1. The zero-order valence-electron chi connectivity index (χ0n) is 9.27. The smallest absolute Gasteiger partial charge is 0.423 e. The molecule has 0 heterocycles. The molecule has 2 N–H and O–H groups in total. The molecule has 0 radical (unpaired) electrons. The van der Waals surface area contributed by atoms with E-state index in [9.17, 15) is 14.5 Å². The van der Waals surface area contributed by atoms with Crippen molar-refractivity contribution in [2.24, 2.45) is 0 Å². The number of nitrogens with zero attached hydrogens (tertiary/aromatic N) is 1. The lowest BCUT2D eigenvalue weighted by molar-refractivity contribution is -0.385. The van der Waals surface area contributed by atoms with E-state index in [4.69, 9.17) is 10.0 Å². The van der Waals surface area contributed by atoms with Gasteiger partial charge in [-0.05, 0) is 18.5 Å². The van der Waals surface area contributed by atoms with Gasteiger partial charge in [-0.25, -0.2) is 4.39 Å². The molecule has 5 nitrogen and oxygen atoms in total. The van der Waals surface area contributed by atoms with Crippen LogP contribution in [0.3, 0.4) is 0 Å². The second kappa shape index (κ2) is 6.19. The van der Waals surface area contributed by atoms with Crippen LogP contribution in [0.2, 0.25) is 0 Å². The Labute approximate surface area is 92.8 Å². The molecule has 0 bridgehead atoms. The van der Waals surface area contributed by atoms with Gasteiger partial charge in [-0.1, -0.05) is 13.8 Å². The van der Waals surface area contributed by atoms with Crippen molar-refractivity contribution < 1.29 is 19.4 Å². The molecule has 0 aliphatic heterocycles. The van der Waals surface area contributed by atoms with Crippen molar-refractivity contribution in [3.8, 4) is 0 Å². The molecule has 0 spiro atoms. The first kappa shape index (κ1) is 14.5. The van der Waals surface area contributed by atoms with Gasteiger partial charge < -0.3 is 10.0 Å². The Bertz CT molecular complexity index is 384. The lowest BCUT2D eigenvalue weighted by atomic mass is 9.79. The molecule has 0 saturated heterocycles. The highest BCUT2D eigenvalue weighted by atomic mass is 19.1. The van der Waals surface area contributed by atoms with E-state index < -0.39 is 23.5 Å². The summed E-state index contributed by atoms with van der Waals surface area (Å²) in [6.07, 6.45) is 0. The average molecular weight is 229 g/mol. The number of halogens is 1. The monoisotopic (exact) mass is 229 g/mol. The molecule has 0 fully saturated rings. The SMILES string of the molecule is CC.Cc1c(F)cc(B(O)O)cc1[N+](=O)[O-]. The molecule has 0 aliphatic rings. The Morgan fingerprint density at radius 1 is 1.38 bits per heavy atom. The summed E-state index contributed by atoms with van der Waals surface area (Å²) in [6, 6.07) is 1.79. The van der Waals surface area contributed by atoms with E-state index in [2.05, 4.69) is 0 Å². The highest BCUT2D eigenvalue weighted by Crippen LogP contribution is 2.18. The van der Waals surface area contributed by atoms with Crippen LogP contribution < -0.4 is 5.46 Å². The van der Waals surface area contributed by atoms with E-state index in [1.165, 1.54) is 6.92 Å². The van der Waals surface area contributed by atoms with Crippen molar-refractivity contribution >= 4 is 18.3 Å². The van der Waals surface area contributed by atoms with Crippen LogP contribution in [0.4, 0.5) is 10.1 Å². The van der Waals surface area contributed by atoms with Crippen molar-refractivity contribution in [2.75, 3.05) is 0 Å². The molecule has 7 heteroatoms.